The molecule has 4 amide bonds. The second-order valence-electron chi connectivity index (χ2n) is 9.67. The Morgan fingerprint density at radius 2 is 1.95 bits per heavy atom. The molecule has 2 fully saturated rings. The van der Waals surface area contributed by atoms with E-state index in [1.807, 2.05) is 6.92 Å². The van der Waals surface area contributed by atoms with Gasteiger partial charge in [-0.1, -0.05) is 13.3 Å². The normalized spacial score (nSPS) is 26.2. The van der Waals surface area contributed by atoms with E-state index in [2.05, 4.69) is 15.3 Å². The van der Waals surface area contributed by atoms with E-state index in [1.54, 1.807) is 49.9 Å². The summed E-state index contributed by atoms with van der Waals surface area (Å²) in [5.41, 5.74) is 7.19. The number of nitrogens with one attached hydrogen (secondary N) is 1. The summed E-state index contributed by atoms with van der Waals surface area (Å²) < 4.78 is 0. The number of likely N-dealkylation sites (N-methyl/N-ethyl adjacent to an activating group) is 1. The van der Waals surface area contributed by atoms with Crippen molar-refractivity contribution in [3.05, 3.63) is 48.4 Å². The van der Waals surface area contributed by atoms with Gasteiger partial charge >= 0.3 is 6.03 Å². The Morgan fingerprint density at radius 3 is 2.62 bits per heavy atom. The van der Waals surface area contributed by atoms with Gasteiger partial charge in [-0.25, -0.2) is 9.78 Å². The van der Waals surface area contributed by atoms with E-state index in [0.717, 1.165) is 29.7 Å². The number of urea groups is 1. The van der Waals surface area contributed by atoms with E-state index in [0.29, 0.717) is 17.9 Å². The smallest absolute Gasteiger partial charge is 0.325 e. The average Bonchev–Trinajstić information content (AvgIpc) is 2.90. The summed E-state index contributed by atoms with van der Waals surface area (Å²) in [6.45, 7) is 1.96. The van der Waals surface area contributed by atoms with Crippen LogP contribution in [0.3, 0.4) is 0 Å². The summed E-state index contributed by atoms with van der Waals surface area (Å²) in [5, 5.41) is 2.54. The van der Waals surface area contributed by atoms with Gasteiger partial charge in [-0.2, -0.15) is 0 Å². The molecule has 1 saturated carbocycles. The summed E-state index contributed by atoms with van der Waals surface area (Å²) in [6, 6.07) is 4.98. The Hall–Kier alpha value is -2.91. The molecule has 3 heterocycles. The van der Waals surface area contributed by atoms with E-state index >= 15 is 0 Å². The van der Waals surface area contributed by atoms with Crippen molar-refractivity contribution < 1.29 is 14.4 Å². The van der Waals surface area contributed by atoms with Crippen molar-refractivity contribution >= 4 is 52.6 Å². The van der Waals surface area contributed by atoms with E-state index in [-0.39, 0.29) is 35.0 Å². The third-order valence-electron chi connectivity index (χ3n) is 7.40. The van der Waals surface area contributed by atoms with Crippen LogP contribution in [-0.2, 0) is 16.0 Å². The maximum atomic E-state index is 13.7. The number of halogens is 2. The van der Waals surface area contributed by atoms with E-state index in [4.69, 9.17) is 28.9 Å². The molecule has 0 radical (unpaired) electrons. The molecule has 37 heavy (non-hydrogen) atoms. The number of rotatable bonds is 7. The van der Waals surface area contributed by atoms with Gasteiger partial charge in [0.25, 0.3) is 5.91 Å². The average molecular weight is 547 g/mol. The van der Waals surface area contributed by atoms with Gasteiger partial charge in [0.15, 0.2) is 0 Å². The van der Waals surface area contributed by atoms with Crippen LogP contribution >= 0.6 is 23.2 Å². The van der Waals surface area contributed by atoms with Gasteiger partial charge in [0.1, 0.15) is 11.9 Å². The molecule has 3 unspecified atom stereocenters. The van der Waals surface area contributed by atoms with E-state index in [1.165, 1.54) is 4.90 Å². The molecule has 0 bridgehead atoms. The number of likely N-dealkylation sites (tertiary alicyclic amines) is 1. The number of anilines is 2. The number of carbonyl (C=O) groups is 3. The molecule has 9 nitrogen and oxygen atoms in total. The topological polar surface area (TPSA) is 122 Å². The number of pyridine rings is 2. The zero-order valence-electron chi connectivity index (χ0n) is 20.9. The summed E-state index contributed by atoms with van der Waals surface area (Å²) in [5.74, 6) is -1.19. The number of carbonyl (C=O) groups excluding carboxylic acids is 3. The Bertz CT molecular complexity index is 1140. The lowest BCUT2D eigenvalue weighted by Crippen LogP contribution is -2.71. The lowest BCUT2D eigenvalue weighted by Gasteiger charge is -2.46. The summed E-state index contributed by atoms with van der Waals surface area (Å²) in [6.07, 6.45) is 8.19. The Balaban J connectivity index is 1.57. The van der Waals surface area contributed by atoms with Crippen molar-refractivity contribution in [1.29, 1.82) is 0 Å². The van der Waals surface area contributed by atoms with Crippen LogP contribution in [0.2, 0.25) is 0 Å². The van der Waals surface area contributed by atoms with Crippen LogP contribution in [0.25, 0.3) is 0 Å². The minimum Gasteiger partial charge on any atom is -0.384 e. The molecule has 2 aromatic rings. The molecule has 1 saturated heterocycles. The van der Waals surface area contributed by atoms with Gasteiger partial charge in [-0.3, -0.25) is 19.5 Å². The van der Waals surface area contributed by atoms with Crippen LogP contribution in [-0.4, -0.2) is 62.6 Å². The van der Waals surface area contributed by atoms with Crippen LogP contribution in [0, 0.1) is 11.8 Å². The lowest BCUT2D eigenvalue weighted by atomic mass is 9.81. The van der Waals surface area contributed by atoms with Crippen molar-refractivity contribution in [2.45, 2.75) is 61.9 Å². The van der Waals surface area contributed by atoms with Gasteiger partial charge in [0.05, 0.1) is 16.7 Å². The number of β-lactam (4-membered cyclic amide) rings is 1. The van der Waals surface area contributed by atoms with Crippen LogP contribution in [0.4, 0.5) is 16.3 Å². The highest BCUT2D eigenvalue weighted by atomic mass is 35.5. The third kappa shape index (κ3) is 5.67. The first-order chi connectivity index (χ1) is 17.7. The number of aromatic nitrogens is 2. The number of imide groups is 1. The van der Waals surface area contributed by atoms with E-state index < -0.39 is 23.9 Å². The Morgan fingerprint density at radius 1 is 1.22 bits per heavy atom. The first-order valence-electron chi connectivity index (χ1n) is 12.5. The van der Waals surface area contributed by atoms with E-state index in [9.17, 15) is 14.4 Å². The quantitative estimate of drug-likeness (QED) is 0.404. The largest absolute Gasteiger partial charge is 0.384 e. The summed E-state index contributed by atoms with van der Waals surface area (Å²) >= 11 is 13.0. The first kappa shape index (κ1) is 27.1. The van der Waals surface area contributed by atoms with Gasteiger partial charge < -0.3 is 16.0 Å². The van der Waals surface area contributed by atoms with Crippen molar-refractivity contribution in [2.75, 3.05) is 17.7 Å². The Kier molecular flexibility index (Phi) is 8.54. The van der Waals surface area contributed by atoms with Gasteiger partial charge in [-0.05, 0) is 61.4 Å². The van der Waals surface area contributed by atoms with Crippen LogP contribution in [0.1, 0.15) is 38.2 Å². The maximum absolute atomic E-state index is 13.7. The molecular weight excluding hydrogens is 515 g/mol. The number of amides is 4. The third-order valence-corrected chi connectivity index (χ3v) is 8.65. The summed E-state index contributed by atoms with van der Waals surface area (Å²) in [4.78, 5) is 50.9. The fourth-order valence-corrected chi connectivity index (χ4v) is 6.09. The molecular formula is C26H32Cl2N6O3. The second kappa shape index (κ2) is 11.6. The van der Waals surface area contributed by atoms with Gasteiger partial charge in [0.2, 0.25) is 5.91 Å². The molecule has 198 valence electrons. The molecule has 1 aliphatic carbocycles. The van der Waals surface area contributed by atoms with Crippen molar-refractivity contribution in [3.63, 3.8) is 0 Å². The predicted molar refractivity (Wildman–Crippen MR) is 143 cm³/mol. The molecule has 11 heteroatoms. The number of nitrogen functional groups attached to an aromatic ring is 1. The minimum absolute atomic E-state index is 0.0209. The SMILES string of the molecule is CC[C@@H](NC(=O)N1C(=O)[C@@H](Cc2ccnc(N)c2)[C@H]1C(=O)N(C)c1ccncc1)C1CCCC(Cl)C1Cl. The second-order valence-corrected chi connectivity index (χ2v) is 10.7. The number of hydrogen-bond acceptors (Lipinski definition) is 6. The molecule has 2 aromatic heterocycles. The molecule has 1 aliphatic heterocycles. The highest BCUT2D eigenvalue weighted by molar-refractivity contribution is 6.30. The molecule has 6 atom stereocenters. The number of hydrogen-bond donors (Lipinski definition) is 2. The number of nitrogens with zero attached hydrogens (tertiary/aromatic N) is 4. The van der Waals surface area contributed by atoms with Gasteiger partial charge in [-0.15, -0.1) is 23.2 Å². The first-order valence-corrected chi connectivity index (χ1v) is 13.4. The van der Waals surface area contributed by atoms with Crippen molar-refractivity contribution in [1.82, 2.24) is 20.2 Å². The number of nitrogens with two attached hydrogens (primary N) is 1. The fourth-order valence-electron chi connectivity index (χ4n) is 5.32. The van der Waals surface area contributed by atoms with Crippen molar-refractivity contribution in [2.24, 2.45) is 11.8 Å². The maximum Gasteiger partial charge on any atom is 0.325 e. The highest BCUT2D eigenvalue weighted by Gasteiger charge is 2.55. The number of alkyl halides is 2. The van der Waals surface area contributed by atoms with Gasteiger partial charge in [0, 0.05) is 37.4 Å². The minimum atomic E-state index is -0.975. The Labute approximate surface area is 226 Å². The lowest BCUT2D eigenvalue weighted by molar-refractivity contribution is -0.156. The standard InChI is InChI=1S/C26H32Cl2N6O3/c1-3-20(17-5-4-6-19(27)22(17)28)32-26(37)34-23(25(36)33(2)16-8-10-30-11-9-16)18(24(34)35)13-15-7-12-31-21(29)14-15/h7-12,14,17-20,22-23H,3-6,13H2,1-2H3,(H2,29,31)(H,32,37)/t17?,18-,19?,20+,22?,23-/m0/s1. The van der Waals surface area contributed by atoms with Crippen LogP contribution in [0.5, 0.6) is 0 Å². The predicted octanol–water partition coefficient (Wildman–Crippen LogP) is 3.59. The molecule has 0 aromatic carbocycles. The molecule has 4 rings (SSSR count). The molecule has 2 aliphatic rings. The molecule has 0 spiro atoms. The fraction of sp³-hybridized carbons (Fsp3) is 0.500. The summed E-state index contributed by atoms with van der Waals surface area (Å²) in [7, 11) is 1.62. The van der Waals surface area contributed by atoms with Crippen molar-refractivity contribution in [3.8, 4) is 0 Å². The molecule has 3 N–H and O–H groups in total. The van der Waals surface area contributed by atoms with Crippen LogP contribution < -0.4 is 16.0 Å². The zero-order chi connectivity index (χ0) is 26.7. The highest BCUT2D eigenvalue weighted by Crippen LogP contribution is 2.37. The van der Waals surface area contributed by atoms with Crippen LogP contribution in [0.15, 0.2) is 42.9 Å². The monoisotopic (exact) mass is 546 g/mol. The zero-order valence-corrected chi connectivity index (χ0v) is 22.4.